The minimum absolute atomic E-state index is 0.0949. The third kappa shape index (κ3) is 10.1. The Balaban J connectivity index is 0. The van der Waals surface area contributed by atoms with Crippen LogP contribution in [0.5, 0.6) is 0 Å². The number of alkyl halides is 3. The highest BCUT2D eigenvalue weighted by molar-refractivity contribution is 6.30. The summed E-state index contributed by atoms with van der Waals surface area (Å²) in [6.07, 6.45) is 0.199. The van der Waals surface area contributed by atoms with E-state index in [0.29, 0.717) is 5.92 Å². The molecule has 132 valence electrons. The van der Waals surface area contributed by atoms with Gasteiger partial charge in [0.2, 0.25) is 0 Å². The van der Waals surface area contributed by atoms with Crippen LogP contribution in [0.1, 0.15) is 52.2 Å². The van der Waals surface area contributed by atoms with Crippen LogP contribution in [0.4, 0.5) is 18.9 Å². The summed E-state index contributed by atoms with van der Waals surface area (Å²) in [5, 5.41) is 8.99. The van der Waals surface area contributed by atoms with Crippen LogP contribution < -0.4 is 5.73 Å². The Kier molecular flexibility index (Phi) is 12.6. The Labute approximate surface area is 141 Å². The molecule has 3 N–H and O–H groups in total. The van der Waals surface area contributed by atoms with Crippen LogP contribution in [0.15, 0.2) is 18.2 Å². The topological polar surface area (TPSA) is 46.2 Å². The largest absolute Gasteiger partial charge is 0.418 e. The van der Waals surface area contributed by atoms with Crippen LogP contribution in [-0.4, -0.2) is 11.3 Å². The van der Waals surface area contributed by atoms with Crippen molar-refractivity contribution in [2.45, 2.75) is 52.8 Å². The van der Waals surface area contributed by atoms with Crippen molar-refractivity contribution < 1.29 is 18.3 Å². The molecule has 1 unspecified atom stereocenters. The van der Waals surface area contributed by atoms with Gasteiger partial charge >= 0.3 is 6.18 Å². The Bertz CT molecular complexity index is 480. The maximum atomic E-state index is 12.1. The monoisotopic (exact) mass is 351 g/mol. The third-order valence-corrected chi connectivity index (χ3v) is 2.70. The number of hydrogen-bond donors (Lipinski definition) is 2. The highest BCUT2D eigenvalue weighted by Crippen LogP contribution is 2.36. The van der Waals surface area contributed by atoms with E-state index in [4.69, 9.17) is 28.9 Å². The van der Waals surface area contributed by atoms with E-state index in [2.05, 4.69) is 5.92 Å². The van der Waals surface area contributed by atoms with Crippen molar-refractivity contribution in [3.63, 3.8) is 0 Å². The molecule has 23 heavy (non-hydrogen) atoms. The van der Waals surface area contributed by atoms with Crippen LogP contribution in [0, 0.1) is 18.3 Å². The molecule has 1 aromatic rings. The average molecular weight is 352 g/mol. The lowest BCUT2D eigenvalue weighted by Gasteiger charge is -2.16. The standard InChI is InChI=1S/C8H7ClF3NO.C5H6.2C2H6/c9-4-1-2-6(13)5(3-4)7(14)8(10,11)12;1-2-5-3-4-5;2*1-2/h1-3,7,14H,13H2;1,5H,3-4H2;2*1-2H3. The van der Waals surface area contributed by atoms with E-state index in [-0.39, 0.29) is 10.7 Å². The molecule has 6 heteroatoms. The van der Waals surface area contributed by atoms with Crippen LogP contribution >= 0.6 is 11.6 Å². The van der Waals surface area contributed by atoms with Gasteiger partial charge in [-0.1, -0.05) is 39.3 Å². The maximum Gasteiger partial charge on any atom is 0.418 e. The molecule has 2 nitrogen and oxygen atoms in total. The first-order valence-corrected chi connectivity index (χ1v) is 7.89. The smallest absolute Gasteiger partial charge is 0.398 e. The molecule has 2 rings (SSSR count). The first-order chi connectivity index (χ1) is 10.8. The van der Waals surface area contributed by atoms with E-state index in [1.165, 1.54) is 25.0 Å². The molecule has 0 radical (unpaired) electrons. The van der Waals surface area contributed by atoms with Gasteiger partial charge in [0, 0.05) is 22.2 Å². The fraction of sp³-hybridized carbons (Fsp3) is 0.529. The number of halogens is 4. The van der Waals surface area contributed by atoms with Crippen molar-refractivity contribution >= 4 is 17.3 Å². The van der Waals surface area contributed by atoms with E-state index in [0.717, 1.165) is 6.07 Å². The van der Waals surface area contributed by atoms with E-state index in [1.807, 2.05) is 27.7 Å². The predicted octanol–water partition coefficient (Wildman–Crippen LogP) is 5.60. The predicted molar refractivity (Wildman–Crippen MR) is 91.1 cm³/mol. The molecule has 1 aliphatic carbocycles. The lowest BCUT2D eigenvalue weighted by Crippen LogP contribution is -2.21. The van der Waals surface area contributed by atoms with Gasteiger partial charge in [-0.2, -0.15) is 13.2 Å². The highest BCUT2D eigenvalue weighted by Gasteiger charge is 2.40. The molecular weight excluding hydrogens is 327 g/mol. The number of terminal acetylenes is 1. The fourth-order valence-corrected chi connectivity index (χ4v) is 1.39. The first kappa shape index (κ1) is 23.9. The lowest BCUT2D eigenvalue weighted by molar-refractivity contribution is -0.206. The number of rotatable bonds is 1. The number of nitrogens with two attached hydrogens (primary N) is 1. The summed E-state index contributed by atoms with van der Waals surface area (Å²) in [4.78, 5) is 0. The van der Waals surface area contributed by atoms with Crippen molar-refractivity contribution in [3.8, 4) is 12.3 Å². The molecule has 0 aromatic heterocycles. The molecule has 0 saturated heterocycles. The van der Waals surface area contributed by atoms with E-state index < -0.39 is 17.8 Å². The molecule has 0 bridgehead atoms. The second-order valence-corrected chi connectivity index (χ2v) is 4.59. The second-order valence-electron chi connectivity index (χ2n) is 4.16. The molecule has 0 aliphatic heterocycles. The number of nitrogen functional groups attached to an aromatic ring is 1. The molecule has 1 saturated carbocycles. The Morgan fingerprint density at radius 1 is 1.26 bits per heavy atom. The van der Waals surface area contributed by atoms with Gasteiger partial charge in [0.15, 0.2) is 6.10 Å². The molecule has 1 aromatic carbocycles. The van der Waals surface area contributed by atoms with Gasteiger partial charge in [0.1, 0.15) is 0 Å². The van der Waals surface area contributed by atoms with Crippen LogP contribution in [0.2, 0.25) is 5.02 Å². The summed E-state index contributed by atoms with van der Waals surface area (Å²) in [6.45, 7) is 8.00. The number of aliphatic hydroxyl groups is 1. The highest BCUT2D eigenvalue weighted by atomic mass is 35.5. The summed E-state index contributed by atoms with van der Waals surface area (Å²) in [7, 11) is 0. The zero-order chi connectivity index (χ0) is 18.6. The number of benzene rings is 1. The molecule has 0 spiro atoms. The molecule has 1 atom stereocenters. The lowest BCUT2D eigenvalue weighted by atomic mass is 10.1. The van der Waals surface area contributed by atoms with Gasteiger partial charge in [-0.3, -0.25) is 0 Å². The number of aliphatic hydroxyl groups excluding tert-OH is 1. The molecule has 1 aliphatic rings. The van der Waals surface area contributed by atoms with Crippen LogP contribution in [-0.2, 0) is 0 Å². The number of hydrogen-bond acceptors (Lipinski definition) is 2. The second kappa shape index (κ2) is 12.1. The Morgan fingerprint density at radius 3 is 2.04 bits per heavy atom. The normalized spacial score (nSPS) is 13.7. The van der Waals surface area contributed by atoms with E-state index >= 15 is 0 Å². The Hall–Kier alpha value is -1.38. The van der Waals surface area contributed by atoms with Gasteiger partial charge in [0.05, 0.1) is 0 Å². The van der Waals surface area contributed by atoms with Crippen molar-refractivity contribution in [2.75, 3.05) is 5.73 Å². The van der Waals surface area contributed by atoms with Crippen molar-refractivity contribution in [2.24, 2.45) is 5.92 Å². The SMILES string of the molecule is C#CC1CC1.CC.CC.Nc1ccc(Cl)cc1C(O)C(F)(F)F. The van der Waals surface area contributed by atoms with Crippen molar-refractivity contribution in [1.29, 1.82) is 0 Å². The van der Waals surface area contributed by atoms with Crippen LogP contribution in [0.25, 0.3) is 0 Å². The van der Waals surface area contributed by atoms with Gasteiger partial charge in [-0.15, -0.1) is 12.3 Å². The van der Waals surface area contributed by atoms with Gasteiger partial charge in [0.25, 0.3) is 0 Å². The van der Waals surface area contributed by atoms with Gasteiger partial charge in [-0.05, 0) is 31.0 Å². The van der Waals surface area contributed by atoms with E-state index in [9.17, 15) is 13.2 Å². The third-order valence-electron chi connectivity index (χ3n) is 2.47. The zero-order valence-electron chi connectivity index (χ0n) is 13.9. The maximum absolute atomic E-state index is 12.1. The summed E-state index contributed by atoms with van der Waals surface area (Å²) >= 11 is 5.48. The molecule has 0 amide bonds. The minimum Gasteiger partial charge on any atom is -0.398 e. The molecule has 0 heterocycles. The minimum atomic E-state index is -4.74. The van der Waals surface area contributed by atoms with Gasteiger partial charge in [-0.25, -0.2) is 0 Å². The quantitative estimate of drug-likeness (QED) is 0.511. The Morgan fingerprint density at radius 2 is 1.74 bits per heavy atom. The average Bonchev–Trinajstić information content (AvgIpc) is 3.37. The zero-order valence-corrected chi connectivity index (χ0v) is 14.7. The van der Waals surface area contributed by atoms with E-state index in [1.54, 1.807) is 0 Å². The van der Waals surface area contributed by atoms with Crippen molar-refractivity contribution in [3.05, 3.63) is 28.8 Å². The van der Waals surface area contributed by atoms with Crippen LogP contribution in [0.3, 0.4) is 0 Å². The fourth-order valence-electron chi connectivity index (χ4n) is 1.21. The number of anilines is 1. The summed E-state index contributed by atoms with van der Waals surface area (Å²) in [5.74, 6) is 3.30. The van der Waals surface area contributed by atoms with Crippen molar-refractivity contribution in [1.82, 2.24) is 0 Å². The molecular formula is C17H25ClF3NO. The first-order valence-electron chi connectivity index (χ1n) is 7.51. The summed E-state index contributed by atoms with van der Waals surface area (Å²) < 4.78 is 36.3. The summed E-state index contributed by atoms with van der Waals surface area (Å²) in [5.41, 5.74) is 4.70. The summed E-state index contributed by atoms with van der Waals surface area (Å²) in [6, 6.07) is 3.56. The van der Waals surface area contributed by atoms with Gasteiger partial charge < -0.3 is 10.8 Å². The molecule has 1 fully saturated rings.